The predicted octanol–water partition coefficient (Wildman–Crippen LogP) is 7.47. The van der Waals surface area contributed by atoms with E-state index in [-0.39, 0.29) is 21.2 Å². The van der Waals surface area contributed by atoms with Crippen molar-refractivity contribution in [2.45, 2.75) is 124 Å². The molecule has 0 aromatic carbocycles. The van der Waals surface area contributed by atoms with Crippen LogP contribution in [-0.2, 0) is 0 Å². The molecular weight excluding hydrogens is 686 g/mol. The van der Waals surface area contributed by atoms with Crippen molar-refractivity contribution in [3.05, 3.63) is 0 Å². The zero-order chi connectivity index (χ0) is 29.0. The molecule has 5 unspecified atom stereocenters. The molecule has 0 spiro atoms. The fourth-order valence-electron chi connectivity index (χ4n) is 14.9. The Kier molecular flexibility index (Phi) is 6.95. The number of hydrogen-bond donors (Lipinski definition) is 0. The number of rotatable bonds is 6. The summed E-state index contributed by atoms with van der Waals surface area (Å²) in [7, 11) is 0. The second-order valence-corrected chi connectivity index (χ2v) is 24.2. The summed E-state index contributed by atoms with van der Waals surface area (Å²) in [5, 5.41) is 0. The van der Waals surface area contributed by atoms with Crippen LogP contribution in [0.1, 0.15) is 117 Å². The average Bonchev–Trinajstić information content (AvgIpc) is 2.95. The van der Waals surface area contributed by atoms with E-state index in [1.807, 2.05) is 0 Å². The molecule has 38 heavy (non-hydrogen) atoms. The van der Waals surface area contributed by atoms with Crippen LogP contribution in [0.3, 0.4) is 0 Å². The second-order valence-electron chi connectivity index (χ2n) is 18.6. The third-order valence-electron chi connectivity index (χ3n) is 16.6. The Bertz CT molecular complexity index is 970. The van der Waals surface area contributed by atoms with E-state index in [0.29, 0.717) is 35.9 Å². The number of hydrogen-bond acceptors (Lipinski definition) is 0. The van der Waals surface area contributed by atoms with Gasteiger partial charge in [-0.05, 0) is 0 Å². The van der Waals surface area contributed by atoms with E-state index in [0.717, 1.165) is 63.1 Å². The van der Waals surface area contributed by atoms with Crippen molar-refractivity contribution in [2.24, 2.45) is 91.7 Å². The van der Waals surface area contributed by atoms with Gasteiger partial charge in [-0.25, -0.2) is 0 Å². The normalized spacial score (nSPS) is 55.1. The standard InChI is InChI=1S/C36H63I2/c1-19-18-30(5,6)36(15)29-28(31(7,8)27-25(19)32(9,10)35(27,29)14)34(36,13)22(4)24(38-16)17-23-20(2)21(3)26(23)33(11,12)37/h19-29H,17-18H2,1-16H3/q-1/t19-,20?,21?,22+,23+,24+,25+,26-,27-,28-,29?,34+,35?,36?/m1/s1. The molecule has 222 valence electrons. The third kappa shape index (κ3) is 3.16. The van der Waals surface area contributed by atoms with Crippen LogP contribution in [0.2, 0.25) is 0 Å². The van der Waals surface area contributed by atoms with Crippen molar-refractivity contribution in [3.8, 4) is 0 Å². The van der Waals surface area contributed by atoms with Crippen molar-refractivity contribution in [1.82, 2.24) is 0 Å². The van der Waals surface area contributed by atoms with Gasteiger partial charge in [0, 0.05) is 0 Å². The topological polar surface area (TPSA) is 0 Å². The van der Waals surface area contributed by atoms with Crippen LogP contribution in [0.15, 0.2) is 0 Å². The molecule has 5 rings (SSSR count). The van der Waals surface area contributed by atoms with Crippen LogP contribution >= 0.6 is 22.6 Å². The molecule has 5 aliphatic rings. The van der Waals surface area contributed by atoms with E-state index in [4.69, 9.17) is 0 Å². The molecular formula is C36H63I2-. The second kappa shape index (κ2) is 8.55. The van der Waals surface area contributed by atoms with Crippen molar-refractivity contribution in [2.75, 3.05) is 4.93 Å². The molecule has 5 saturated carbocycles. The molecule has 5 aliphatic carbocycles. The molecule has 4 bridgehead atoms. The van der Waals surface area contributed by atoms with Gasteiger partial charge in [0.1, 0.15) is 0 Å². The Morgan fingerprint density at radius 1 is 0.868 bits per heavy atom. The minimum absolute atomic E-state index is 0.193. The Balaban J connectivity index is 1.59. The maximum absolute atomic E-state index is 2.85. The molecule has 0 heterocycles. The van der Waals surface area contributed by atoms with Crippen molar-refractivity contribution >= 4 is 22.6 Å². The summed E-state index contributed by atoms with van der Waals surface area (Å²) >= 11 is 2.98. The summed E-state index contributed by atoms with van der Waals surface area (Å²) in [6.07, 6.45) is 2.92. The monoisotopic (exact) mass is 749 g/mol. The van der Waals surface area contributed by atoms with E-state index < -0.39 is 0 Å². The molecule has 0 aromatic rings. The van der Waals surface area contributed by atoms with Gasteiger partial charge in [-0.1, -0.05) is 0 Å². The molecule has 0 radical (unpaired) electrons. The van der Waals surface area contributed by atoms with Crippen LogP contribution < -0.4 is 21.2 Å². The van der Waals surface area contributed by atoms with Gasteiger partial charge in [-0.3, -0.25) is 0 Å². The summed E-state index contributed by atoms with van der Waals surface area (Å²) in [6, 6.07) is 0. The fraction of sp³-hybridized carbons (Fsp3) is 1.00. The maximum atomic E-state index is 2.85. The van der Waals surface area contributed by atoms with Gasteiger partial charge in [0.2, 0.25) is 0 Å². The molecule has 0 nitrogen and oxygen atoms in total. The summed E-state index contributed by atoms with van der Waals surface area (Å²) in [4.78, 5) is 2.64. The SMILES string of the molecule is C[I-][C@@H](C[C@H]1C(C)C(C)[C@H]1C(C)(C)I)[C@H](C)[C@@]1(C)[C@@H]2C3C4(C)[C@H]([C@H]([C@H](C)CC(C)(C)C31C)C4(C)C)C2(C)C. The van der Waals surface area contributed by atoms with Gasteiger partial charge in [0.25, 0.3) is 0 Å². The van der Waals surface area contributed by atoms with Gasteiger partial charge in [0.05, 0.1) is 0 Å². The molecule has 0 N–H and O–H groups in total. The van der Waals surface area contributed by atoms with Crippen molar-refractivity contribution in [3.63, 3.8) is 0 Å². The first-order valence-corrected chi connectivity index (χ1v) is 20.7. The zero-order valence-corrected chi connectivity index (χ0v) is 32.3. The molecule has 0 amide bonds. The fourth-order valence-corrected chi connectivity index (χ4v) is 18.8. The average molecular weight is 750 g/mol. The van der Waals surface area contributed by atoms with Gasteiger partial charge in [0.15, 0.2) is 0 Å². The zero-order valence-electron chi connectivity index (χ0n) is 28.0. The Labute approximate surface area is 262 Å². The van der Waals surface area contributed by atoms with Crippen molar-refractivity contribution < 1.29 is 21.2 Å². The summed E-state index contributed by atoms with van der Waals surface area (Å²) in [5.41, 5.74) is 2.60. The third-order valence-corrected chi connectivity index (χ3v) is 20.5. The summed E-state index contributed by atoms with van der Waals surface area (Å²) in [6.45, 7) is 40.4. The number of halogens is 2. The molecule has 0 saturated heterocycles. The van der Waals surface area contributed by atoms with E-state index in [1.54, 1.807) is 0 Å². The first-order chi connectivity index (χ1) is 17.0. The summed E-state index contributed by atoms with van der Waals surface area (Å²) in [5.74, 6) is 8.75. The van der Waals surface area contributed by atoms with E-state index >= 15 is 0 Å². The number of alkyl halides is 3. The Morgan fingerprint density at radius 3 is 1.92 bits per heavy atom. The summed E-state index contributed by atoms with van der Waals surface area (Å²) < 4.78 is 1.35. The Morgan fingerprint density at radius 2 is 1.42 bits per heavy atom. The van der Waals surface area contributed by atoms with Crippen LogP contribution in [-0.4, -0.2) is 12.3 Å². The Hall–Kier alpha value is 1.46. The first-order valence-electron chi connectivity index (χ1n) is 16.2. The van der Waals surface area contributed by atoms with Crippen LogP contribution in [0.25, 0.3) is 0 Å². The van der Waals surface area contributed by atoms with Crippen LogP contribution in [0.5, 0.6) is 0 Å². The van der Waals surface area contributed by atoms with E-state index in [9.17, 15) is 0 Å². The van der Waals surface area contributed by atoms with E-state index in [2.05, 4.69) is 131 Å². The quantitative estimate of drug-likeness (QED) is 0.195. The molecule has 0 aliphatic heterocycles. The minimum atomic E-state index is 0.193. The van der Waals surface area contributed by atoms with Crippen LogP contribution in [0.4, 0.5) is 0 Å². The molecule has 2 heteroatoms. The van der Waals surface area contributed by atoms with E-state index in [1.165, 1.54) is 12.8 Å². The van der Waals surface area contributed by atoms with Gasteiger partial charge >= 0.3 is 264 Å². The van der Waals surface area contributed by atoms with Crippen molar-refractivity contribution in [1.29, 1.82) is 0 Å². The molecule has 0 aromatic heterocycles. The van der Waals surface area contributed by atoms with Gasteiger partial charge in [-0.2, -0.15) is 0 Å². The predicted molar refractivity (Wildman–Crippen MR) is 170 cm³/mol. The van der Waals surface area contributed by atoms with Crippen LogP contribution in [0, 0.1) is 91.7 Å². The van der Waals surface area contributed by atoms with Gasteiger partial charge < -0.3 is 0 Å². The molecule has 14 atom stereocenters. The first kappa shape index (κ1) is 30.9. The van der Waals surface area contributed by atoms with Gasteiger partial charge in [-0.15, -0.1) is 0 Å². The molecule has 5 fully saturated rings.